The van der Waals surface area contributed by atoms with Crippen LogP contribution in [0.25, 0.3) is 0 Å². The van der Waals surface area contributed by atoms with E-state index in [1.807, 2.05) is 0 Å². The lowest BCUT2D eigenvalue weighted by Gasteiger charge is -2.23. The Labute approximate surface area is 210 Å². The Morgan fingerprint density at radius 1 is 0.618 bits per heavy atom. The first-order valence-electron chi connectivity index (χ1n) is 14.6. The molecule has 1 atom stereocenters. The van der Waals surface area contributed by atoms with Gasteiger partial charge in [-0.1, -0.05) is 140 Å². The molecule has 0 aliphatic rings. The molecule has 1 unspecified atom stereocenters. The Morgan fingerprint density at radius 2 is 1.00 bits per heavy atom. The molecule has 0 saturated heterocycles. The van der Waals surface area contributed by atoms with Gasteiger partial charge in [0.05, 0.1) is 0 Å². The summed E-state index contributed by atoms with van der Waals surface area (Å²) in [7, 11) is 0. The van der Waals surface area contributed by atoms with Crippen LogP contribution in [0.4, 0.5) is 0 Å². The number of hydrogen-bond acceptors (Lipinski definition) is 2. The predicted octanol–water partition coefficient (Wildman–Crippen LogP) is 9.26. The average molecular weight is 475 g/mol. The van der Waals surface area contributed by atoms with Gasteiger partial charge >= 0.3 is 5.97 Å². The average Bonchev–Trinajstić information content (AvgIpc) is 2.84. The Kier molecular flexibility index (Phi) is 18.9. The van der Waals surface area contributed by atoms with E-state index in [0.29, 0.717) is 12.8 Å². The van der Waals surface area contributed by atoms with Crippen LogP contribution in [0.3, 0.4) is 0 Å². The number of unbranched alkanes of at least 4 members (excludes halogenated alkanes) is 17. The van der Waals surface area contributed by atoms with Crippen molar-refractivity contribution in [2.45, 2.75) is 154 Å². The molecule has 0 saturated carbocycles. The SMILES string of the molecule is CCCCCCCCCC(O)(CCCCCCCCCCCCCCc1ccccc1)C(=O)O. The highest BCUT2D eigenvalue weighted by Crippen LogP contribution is 2.24. The van der Waals surface area contributed by atoms with Gasteiger partial charge in [0.15, 0.2) is 5.60 Å². The van der Waals surface area contributed by atoms with Crippen molar-refractivity contribution in [1.29, 1.82) is 0 Å². The largest absolute Gasteiger partial charge is 0.479 e. The molecule has 0 amide bonds. The van der Waals surface area contributed by atoms with Crippen molar-refractivity contribution in [2.24, 2.45) is 0 Å². The van der Waals surface area contributed by atoms with E-state index in [1.54, 1.807) is 0 Å². The quantitative estimate of drug-likeness (QED) is 0.147. The van der Waals surface area contributed by atoms with E-state index in [1.165, 1.54) is 95.5 Å². The van der Waals surface area contributed by atoms with E-state index < -0.39 is 11.6 Å². The van der Waals surface area contributed by atoms with Crippen molar-refractivity contribution in [1.82, 2.24) is 0 Å². The van der Waals surface area contributed by atoms with Gasteiger partial charge in [-0.25, -0.2) is 4.79 Å². The number of aliphatic hydroxyl groups is 1. The minimum absolute atomic E-state index is 0.405. The molecule has 1 aromatic carbocycles. The number of carbonyl (C=O) groups is 1. The monoisotopic (exact) mass is 474 g/mol. The smallest absolute Gasteiger partial charge is 0.335 e. The molecule has 3 heteroatoms. The maximum absolute atomic E-state index is 11.6. The number of carboxylic acids is 1. The second-order valence-electron chi connectivity index (χ2n) is 10.4. The first-order chi connectivity index (χ1) is 16.6. The molecule has 0 radical (unpaired) electrons. The van der Waals surface area contributed by atoms with Crippen LogP contribution in [0.15, 0.2) is 30.3 Å². The molecular formula is C31H54O3. The van der Waals surface area contributed by atoms with Gasteiger partial charge in [0.1, 0.15) is 0 Å². The molecule has 2 N–H and O–H groups in total. The van der Waals surface area contributed by atoms with Gasteiger partial charge in [-0.3, -0.25) is 0 Å². The zero-order chi connectivity index (χ0) is 24.7. The van der Waals surface area contributed by atoms with Crippen LogP contribution in [0, 0.1) is 0 Å². The van der Waals surface area contributed by atoms with Crippen LogP contribution in [0.2, 0.25) is 0 Å². The summed E-state index contributed by atoms with van der Waals surface area (Å²) < 4.78 is 0. The van der Waals surface area contributed by atoms with Crippen LogP contribution in [0.5, 0.6) is 0 Å². The number of aliphatic carboxylic acids is 1. The summed E-state index contributed by atoms with van der Waals surface area (Å²) in [6.07, 6.45) is 25.0. The van der Waals surface area contributed by atoms with E-state index in [-0.39, 0.29) is 0 Å². The molecule has 0 fully saturated rings. The molecule has 1 aromatic rings. The molecule has 3 nitrogen and oxygen atoms in total. The van der Waals surface area contributed by atoms with Gasteiger partial charge < -0.3 is 10.2 Å². The van der Waals surface area contributed by atoms with E-state index >= 15 is 0 Å². The van der Waals surface area contributed by atoms with Crippen LogP contribution in [0.1, 0.15) is 147 Å². The fourth-order valence-corrected chi connectivity index (χ4v) is 4.87. The van der Waals surface area contributed by atoms with Gasteiger partial charge in [-0.2, -0.15) is 0 Å². The van der Waals surface area contributed by atoms with Crippen molar-refractivity contribution in [3.63, 3.8) is 0 Å². The normalized spacial score (nSPS) is 13.1. The molecule has 0 spiro atoms. The summed E-state index contributed by atoms with van der Waals surface area (Å²) in [4.78, 5) is 11.6. The van der Waals surface area contributed by atoms with Crippen molar-refractivity contribution < 1.29 is 15.0 Å². The summed E-state index contributed by atoms with van der Waals surface area (Å²) >= 11 is 0. The molecule has 34 heavy (non-hydrogen) atoms. The molecule has 0 bridgehead atoms. The molecule has 196 valence electrons. The zero-order valence-corrected chi connectivity index (χ0v) is 22.2. The molecule has 1 rings (SSSR count). The Hall–Kier alpha value is -1.35. The van der Waals surface area contributed by atoms with Gasteiger partial charge in [0, 0.05) is 0 Å². The van der Waals surface area contributed by atoms with Crippen LogP contribution in [-0.4, -0.2) is 21.8 Å². The van der Waals surface area contributed by atoms with Crippen molar-refractivity contribution in [2.75, 3.05) is 0 Å². The minimum atomic E-state index is -1.51. The maximum atomic E-state index is 11.6. The fourth-order valence-electron chi connectivity index (χ4n) is 4.87. The topological polar surface area (TPSA) is 57.5 Å². The summed E-state index contributed by atoms with van der Waals surface area (Å²) in [6.45, 7) is 2.21. The third-order valence-electron chi connectivity index (χ3n) is 7.24. The van der Waals surface area contributed by atoms with Crippen LogP contribution in [-0.2, 0) is 11.2 Å². The Balaban J connectivity index is 1.90. The second-order valence-corrected chi connectivity index (χ2v) is 10.4. The highest BCUT2D eigenvalue weighted by molar-refractivity contribution is 5.76. The van der Waals surface area contributed by atoms with E-state index in [4.69, 9.17) is 0 Å². The molecular weight excluding hydrogens is 420 g/mol. The van der Waals surface area contributed by atoms with Crippen LogP contribution >= 0.6 is 0 Å². The Morgan fingerprint density at radius 3 is 1.41 bits per heavy atom. The second kappa shape index (κ2) is 21.0. The number of carboxylic acid groups (broad SMARTS) is 1. The lowest BCUT2D eigenvalue weighted by molar-refractivity contribution is -0.160. The van der Waals surface area contributed by atoms with E-state index in [0.717, 1.165) is 38.5 Å². The number of rotatable bonds is 24. The molecule has 0 heterocycles. The first-order valence-corrected chi connectivity index (χ1v) is 14.6. The number of aryl methyl sites for hydroxylation is 1. The lowest BCUT2D eigenvalue weighted by Crippen LogP contribution is -2.38. The van der Waals surface area contributed by atoms with Crippen molar-refractivity contribution >= 4 is 5.97 Å². The standard InChI is InChI=1S/C31H54O3/c1-2-3-4-5-13-16-22-27-31(34,30(32)33)28-23-17-14-11-9-7-6-8-10-12-15-19-24-29-25-20-18-21-26-29/h18,20-21,25-26,34H,2-17,19,22-24,27-28H2,1H3,(H,32,33). The summed E-state index contributed by atoms with van der Waals surface area (Å²) in [6, 6.07) is 10.8. The predicted molar refractivity (Wildman–Crippen MR) is 145 cm³/mol. The lowest BCUT2D eigenvalue weighted by atomic mass is 9.89. The van der Waals surface area contributed by atoms with Gasteiger partial charge in [-0.05, 0) is 44.1 Å². The fraction of sp³-hybridized carbons (Fsp3) is 0.774. The third-order valence-corrected chi connectivity index (χ3v) is 7.24. The number of benzene rings is 1. The van der Waals surface area contributed by atoms with Crippen LogP contribution < -0.4 is 0 Å². The summed E-state index contributed by atoms with van der Waals surface area (Å²) in [5.41, 5.74) is -0.0480. The van der Waals surface area contributed by atoms with Gasteiger partial charge in [0.2, 0.25) is 0 Å². The zero-order valence-electron chi connectivity index (χ0n) is 22.2. The molecule has 0 aliphatic heterocycles. The van der Waals surface area contributed by atoms with E-state index in [9.17, 15) is 15.0 Å². The van der Waals surface area contributed by atoms with Crippen molar-refractivity contribution in [3.05, 3.63) is 35.9 Å². The highest BCUT2D eigenvalue weighted by atomic mass is 16.4. The maximum Gasteiger partial charge on any atom is 0.335 e. The summed E-state index contributed by atoms with van der Waals surface area (Å²) in [5.74, 6) is -1.03. The summed E-state index contributed by atoms with van der Waals surface area (Å²) in [5, 5.41) is 20.1. The molecule has 0 aromatic heterocycles. The Bertz CT molecular complexity index is 586. The van der Waals surface area contributed by atoms with Crippen molar-refractivity contribution in [3.8, 4) is 0 Å². The minimum Gasteiger partial charge on any atom is -0.479 e. The first kappa shape index (κ1) is 30.7. The van der Waals surface area contributed by atoms with Gasteiger partial charge in [-0.15, -0.1) is 0 Å². The van der Waals surface area contributed by atoms with E-state index in [2.05, 4.69) is 37.3 Å². The molecule has 0 aliphatic carbocycles. The number of hydrogen-bond donors (Lipinski definition) is 2. The van der Waals surface area contributed by atoms with Gasteiger partial charge in [0.25, 0.3) is 0 Å². The third kappa shape index (κ3) is 16.3. The highest BCUT2D eigenvalue weighted by Gasteiger charge is 2.34.